The fourth-order valence-corrected chi connectivity index (χ4v) is 4.77. The topological polar surface area (TPSA) is 79.4 Å². The van der Waals surface area contributed by atoms with Gasteiger partial charge in [-0.2, -0.15) is 0 Å². The molecule has 31 heavy (non-hydrogen) atoms. The monoisotopic (exact) mass is 429 g/mol. The van der Waals surface area contributed by atoms with E-state index in [1.165, 1.54) is 0 Å². The van der Waals surface area contributed by atoms with Crippen molar-refractivity contribution in [3.05, 3.63) is 29.8 Å². The maximum absolute atomic E-state index is 13.4. The van der Waals surface area contributed by atoms with Gasteiger partial charge in [-0.15, -0.1) is 0 Å². The maximum atomic E-state index is 13.4. The van der Waals surface area contributed by atoms with Crippen molar-refractivity contribution >= 4 is 17.7 Å². The van der Waals surface area contributed by atoms with E-state index in [0.717, 1.165) is 0 Å². The first-order chi connectivity index (χ1) is 14.8. The number of likely N-dealkylation sites (tertiary alicyclic amines) is 1. The van der Waals surface area contributed by atoms with Gasteiger partial charge in [0.1, 0.15) is 17.9 Å². The molecular formula is C23H31N3O5. The quantitative estimate of drug-likeness (QED) is 0.713. The molecule has 8 nitrogen and oxygen atoms in total. The van der Waals surface area contributed by atoms with Crippen LogP contribution in [0, 0.1) is 0 Å². The Morgan fingerprint density at radius 3 is 2.58 bits per heavy atom. The van der Waals surface area contributed by atoms with Gasteiger partial charge in [-0.1, -0.05) is 12.1 Å². The highest BCUT2D eigenvalue weighted by molar-refractivity contribution is 5.99. The summed E-state index contributed by atoms with van der Waals surface area (Å²) in [6, 6.07) is 7.17. The molecule has 2 saturated heterocycles. The average Bonchev–Trinajstić information content (AvgIpc) is 2.94. The highest BCUT2D eigenvalue weighted by atomic mass is 16.5. The lowest BCUT2D eigenvalue weighted by atomic mass is 9.93. The normalized spacial score (nSPS) is 29.3. The van der Waals surface area contributed by atoms with Gasteiger partial charge in [0, 0.05) is 39.5 Å². The Hall–Kier alpha value is -2.61. The first-order valence-corrected chi connectivity index (χ1v) is 11.0. The van der Waals surface area contributed by atoms with Crippen LogP contribution in [-0.2, 0) is 14.3 Å². The second-order valence-electron chi connectivity index (χ2n) is 9.06. The Labute approximate surface area is 183 Å². The predicted octanol–water partition coefficient (Wildman–Crippen LogP) is 1.54. The van der Waals surface area contributed by atoms with Crippen LogP contribution in [0.5, 0.6) is 5.75 Å². The number of hydrogen-bond acceptors (Lipinski definition) is 5. The van der Waals surface area contributed by atoms with Crippen molar-refractivity contribution in [2.45, 2.75) is 50.9 Å². The third-order valence-electron chi connectivity index (χ3n) is 6.43. The highest BCUT2D eigenvalue weighted by Crippen LogP contribution is 2.35. The molecule has 0 bridgehead atoms. The minimum atomic E-state index is -0.700. The van der Waals surface area contributed by atoms with E-state index < -0.39 is 5.60 Å². The molecule has 3 aliphatic rings. The number of hydrogen-bond donors (Lipinski definition) is 0. The molecule has 3 aliphatic heterocycles. The number of benzene rings is 1. The van der Waals surface area contributed by atoms with Gasteiger partial charge in [-0.05, 0) is 32.4 Å². The molecule has 3 atom stereocenters. The number of fused-ring (bicyclic) bond motifs is 1. The van der Waals surface area contributed by atoms with Gasteiger partial charge in [0.2, 0.25) is 11.8 Å². The van der Waals surface area contributed by atoms with Gasteiger partial charge in [0.25, 0.3) is 5.91 Å². The van der Waals surface area contributed by atoms with Crippen LogP contribution in [0.25, 0.3) is 0 Å². The van der Waals surface area contributed by atoms with Gasteiger partial charge in [-0.25, -0.2) is 0 Å². The predicted molar refractivity (Wildman–Crippen MR) is 114 cm³/mol. The summed E-state index contributed by atoms with van der Waals surface area (Å²) in [5.41, 5.74) is -0.242. The van der Waals surface area contributed by atoms with Crippen molar-refractivity contribution in [2.75, 3.05) is 39.8 Å². The number of carbonyl (C=O) groups is 3. The fraction of sp³-hybridized carbons (Fsp3) is 0.609. The lowest BCUT2D eigenvalue weighted by molar-refractivity contribution is -0.144. The van der Waals surface area contributed by atoms with Crippen molar-refractivity contribution in [3.8, 4) is 5.75 Å². The van der Waals surface area contributed by atoms with Gasteiger partial charge < -0.3 is 24.2 Å². The van der Waals surface area contributed by atoms with E-state index >= 15 is 0 Å². The number of nitrogens with zero attached hydrogens (tertiary/aromatic N) is 3. The van der Waals surface area contributed by atoms with Crippen LogP contribution in [0.15, 0.2) is 24.3 Å². The highest BCUT2D eigenvalue weighted by Gasteiger charge is 2.43. The number of carbonyl (C=O) groups excluding carboxylic acids is 3. The number of morpholine rings is 1. The summed E-state index contributed by atoms with van der Waals surface area (Å²) >= 11 is 0. The number of amides is 3. The molecule has 3 amide bonds. The molecule has 1 aromatic rings. The van der Waals surface area contributed by atoms with Crippen LogP contribution in [-0.4, -0.2) is 90.0 Å². The van der Waals surface area contributed by atoms with Crippen molar-refractivity contribution in [3.63, 3.8) is 0 Å². The SMILES string of the molecule is CC1CN(C(=O)CN2CC3(CCC(=O)N(C)CC3)Oc3ccccc3C2=O)CC(C)O1. The minimum Gasteiger partial charge on any atom is -0.485 e. The Balaban J connectivity index is 1.61. The minimum absolute atomic E-state index is 0.0124. The summed E-state index contributed by atoms with van der Waals surface area (Å²) in [5, 5.41) is 0. The largest absolute Gasteiger partial charge is 0.485 e. The van der Waals surface area contributed by atoms with Gasteiger partial charge >= 0.3 is 0 Å². The summed E-state index contributed by atoms with van der Waals surface area (Å²) in [6.07, 6.45) is 1.40. The fourth-order valence-electron chi connectivity index (χ4n) is 4.77. The third-order valence-corrected chi connectivity index (χ3v) is 6.43. The van der Waals surface area contributed by atoms with Crippen LogP contribution >= 0.6 is 0 Å². The number of rotatable bonds is 2. The Kier molecular flexibility index (Phi) is 5.92. The van der Waals surface area contributed by atoms with Gasteiger partial charge in [0.05, 0.1) is 24.3 Å². The van der Waals surface area contributed by atoms with Crippen LogP contribution < -0.4 is 4.74 Å². The van der Waals surface area contributed by atoms with E-state index in [0.29, 0.717) is 50.2 Å². The molecule has 0 aromatic heterocycles. The van der Waals surface area contributed by atoms with Crippen molar-refractivity contribution in [2.24, 2.45) is 0 Å². The number of ether oxygens (including phenoxy) is 2. The third kappa shape index (κ3) is 4.54. The van der Waals surface area contributed by atoms with E-state index in [-0.39, 0.29) is 43.0 Å². The second-order valence-corrected chi connectivity index (χ2v) is 9.06. The molecule has 3 heterocycles. The molecule has 8 heteroatoms. The molecule has 0 N–H and O–H groups in total. The Morgan fingerprint density at radius 2 is 1.84 bits per heavy atom. The van der Waals surface area contributed by atoms with Crippen LogP contribution in [0.4, 0.5) is 0 Å². The number of para-hydroxylation sites is 1. The second kappa shape index (κ2) is 8.49. The average molecular weight is 430 g/mol. The lowest BCUT2D eigenvalue weighted by Gasteiger charge is -2.38. The van der Waals surface area contributed by atoms with E-state index in [1.807, 2.05) is 19.9 Å². The zero-order valence-corrected chi connectivity index (χ0v) is 18.5. The standard InChI is InChI=1S/C23H31N3O5/c1-16-12-25(13-17(2)30-16)21(28)14-26-15-23(9-8-20(27)24(3)11-10-23)31-19-7-5-4-6-18(19)22(26)29/h4-7,16-17H,8-15H2,1-3H3. The summed E-state index contributed by atoms with van der Waals surface area (Å²) in [4.78, 5) is 43.9. The summed E-state index contributed by atoms with van der Waals surface area (Å²) in [6.45, 7) is 5.75. The van der Waals surface area contributed by atoms with E-state index in [1.54, 1.807) is 39.9 Å². The Bertz CT molecular complexity index is 865. The first kappa shape index (κ1) is 21.6. The van der Waals surface area contributed by atoms with Crippen molar-refractivity contribution in [1.82, 2.24) is 14.7 Å². The summed E-state index contributed by atoms with van der Waals surface area (Å²) in [7, 11) is 1.79. The van der Waals surface area contributed by atoms with Crippen molar-refractivity contribution in [1.29, 1.82) is 0 Å². The molecule has 1 spiro atoms. The molecular weight excluding hydrogens is 398 g/mol. The Morgan fingerprint density at radius 1 is 1.13 bits per heavy atom. The molecule has 2 fully saturated rings. The molecule has 4 rings (SSSR count). The van der Waals surface area contributed by atoms with E-state index in [2.05, 4.69) is 0 Å². The lowest BCUT2D eigenvalue weighted by Crippen LogP contribution is -2.54. The molecule has 168 valence electrons. The zero-order valence-electron chi connectivity index (χ0n) is 18.5. The molecule has 0 aliphatic carbocycles. The van der Waals surface area contributed by atoms with E-state index in [4.69, 9.17) is 9.47 Å². The van der Waals surface area contributed by atoms with Crippen LogP contribution in [0.2, 0.25) is 0 Å². The van der Waals surface area contributed by atoms with Crippen LogP contribution in [0.3, 0.4) is 0 Å². The van der Waals surface area contributed by atoms with Crippen LogP contribution in [0.1, 0.15) is 43.5 Å². The summed E-state index contributed by atoms with van der Waals surface area (Å²) in [5.74, 6) is 0.294. The maximum Gasteiger partial charge on any atom is 0.258 e. The molecule has 0 saturated carbocycles. The van der Waals surface area contributed by atoms with E-state index in [9.17, 15) is 14.4 Å². The molecule has 3 unspecified atom stereocenters. The summed E-state index contributed by atoms with van der Waals surface area (Å²) < 4.78 is 12.2. The first-order valence-electron chi connectivity index (χ1n) is 11.0. The molecule has 1 aromatic carbocycles. The zero-order chi connectivity index (χ0) is 22.2. The van der Waals surface area contributed by atoms with Gasteiger partial charge in [-0.3, -0.25) is 14.4 Å². The van der Waals surface area contributed by atoms with Crippen molar-refractivity contribution < 1.29 is 23.9 Å². The van der Waals surface area contributed by atoms with Gasteiger partial charge in [0.15, 0.2) is 0 Å². The smallest absolute Gasteiger partial charge is 0.258 e. The molecule has 0 radical (unpaired) electrons.